The van der Waals surface area contributed by atoms with Gasteiger partial charge in [0.1, 0.15) is 12.1 Å². The second-order valence-corrected chi connectivity index (χ2v) is 12.7. The molecule has 0 aromatic carbocycles. The van der Waals surface area contributed by atoms with E-state index in [0.717, 1.165) is 77.0 Å². The summed E-state index contributed by atoms with van der Waals surface area (Å²) >= 11 is 0. The number of hydrogen-bond donors (Lipinski definition) is 4. The van der Waals surface area contributed by atoms with Crippen LogP contribution in [0, 0.1) is 0 Å². The number of carboxylic acid groups (broad SMARTS) is 1. The van der Waals surface area contributed by atoms with Crippen LogP contribution in [0.15, 0.2) is 48.6 Å². The molecule has 2 amide bonds. The zero-order valence-corrected chi connectivity index (χ0v) is 30.7. The lowest BCUT2D eigenvalue weighted by molar-refractivity contribution is -0.147. The Balaban J connectivity index is 3.98. The van der Waals surface area contributed by atoms with Crippen molar-refractivity contribution in [3.05, 3.63) is 48.6 Å². The minimum absolute atomic E-state index is 0.136. The summed E-state index contributed by atoms with van der Waals surface area (Å²) in [6.07, 6.45) is 39.1. The van der Waals surface area contributed by atoms with Gasteiger partial charge in [-0.15, -0.1) is 0 Å². The molecule has 0 aliphatic rings. The summed E-state index contributed by atoms with van der Waals surface area (Å²) in [6.45, 7) is 3.29. The number of aliphatic hydroxyl groups excluding tert-OH is 1. The number of carboxylic acids is 1. The summed E-state index contributed by atoms with van der Waals surface area (Å²) in [7, 11) is 0. The number of ether oxygens (including phenoxy) is 1. The van der Waals surface area contributed by atoms with E-state index in [-0.39, 0.29) is 30.9 Å². The molecule has 4 N–H and O–H groups in total. The molecule has 0 heterocycles. The quantitative estimate of drug-likeness (QED) is 0.0308. The van der Waals surface area contributed by atoms with E-state index in [1.807, 2.05) is 6.08 Å². The highest BCUT2D eigenvalue weighted by molar-refractivity contribution is 5.87. The van der Waals surface area contributed by atoms with E-state index in [1.165, 1.54) is 44.9 Å². The van der Waals surface area contributed by atoms with Gasteiger partial charge in [0.2, 0.25) is 11.8 Å². The number of amides is 2. The topological polar surface area (TPSA) is 142 Å². The van der Waals surface area contributed by atoms with Gasteiger partial charge in [-0.2, -0.15) is 0 Å². The van der Waals surface area contributed by atoms with Crippen LogP contribution in [0.1, 0.15) is 155 Å². The summed E-state index contributed by atoms with van der Waals surface area (Å²) in [4.78, 5) is 47.1. The van der Waals surface area contributed by atoms with Gasteiger partial charge >= 0.3 is 11.9 Å². The average molecular weight is 689 g/mol. The van der Waals surface area contributed by atoms with E-state index >= 15 is 0 Å². The predicted molar refractivity (Wildman–Crippen MR) is 199 cm³/mol. The minimum Gasteiger partial charge on any atom is -0.480 e. The Bertz CT molecular complexity index is 974. The number of nitrogens with one attached hydrogen (secondary N) is 2. The van der Waals surface area contributed by atoms with Crippen molar-refractivity contribution in [3.8, 4) is 0 Å². The smallest absolute Gasteiger partial charge is 0.328 e. The number of hydrogen-bond acceptors (Lipinski definition) is 6. The van der Waals surface area contributed by atoms with Gasteiger partial charge in [0.15, 0.2) is 0 Å². The van der Waals surface area contributed by atoms with Gasteiger partial charge < -0.3 is 25.6 Å². The van der Waals surface area contributed by atoms with Gasteiger partial charge in [0.25, 0.3) is 0 Å². The molecule has 0 bridgehead atoms. The van der Waals surface area contributed by atoms with Crippen LogP contribution in [0.5, 0.6) is 0 Å². The Morgan fingerprint density at radius 3 is 1.82 bits per heavy atom. The molecule has 0 aliphatic heterocycles. The van der Waals surface area contributed by atoms with Crippen LogP contribution in [0.4, 0.5) is 0 Å². The van der Waals surface area contributed by atoms with E-state index in [9.17, 15) is 19.2 Å². The second-order valence-electron chi connectivity index (χ2n) is 12.7. The predicted octanol–water partition coefficient (Wildman–Crippen LogP) is 8.42. The third kappa shape index (κ3) is 31.8. The molecule has 0 spiro atoms. The number of esters is 1. The molecule has 0 aromatic rings. The first-order chi connectivity index (χ1) is 23.8. The van der Waals surface area contributed by atoms with E-state index < -0.39 is 24.5 Å². The maximum atomic E-state index is 12.5. The standard InChI is InChI=1S/C40H68N2O7/c1-3-5-7-8-9-10-11-12-13-14-15-16-17-18-19-20-21-22-28-32-39(46)49-35(29-25-6-4-2)30-26-23-24-27-31-37(44)41-33-38(45)42-36(34-43)40(47)48/h9-10,12-13,15-16,25,29,35-36,43H,3-8,11,14,17-24,26-28,30-34H2,1-2H3,(H,41,44)(H,42,45)(H,47,48)/b10-9-,13-12-,16-15-,29-25-. The van der Waals surface area contributed by atoms with Crippen molar-refractivity contribution >= 4 is 23.8 Å². The lowest BCUT2D eigenvalue weighted by Gasteiger charge is -2.15. The van der Waals surface area contributed by atoms with Crippen LogP contribution < -0.4 is 10.6 Å². The van der Waals surface area contributed by atoms with Gasteiger partial charge in [-0.05, 0) is 76.7 Å². The normalized spacial score (nSPS) is 13.0. The Morgan fingerprint density at radius 2 is 1.20 bits per heavy atom. The van der Waals surface area contributed by atoms with Crippen LogP contribution in [-0.2, 0) is 23.9 Å². The van der Waals surface area contributed by atoms with Crippen LogP contribution in [0.3, 0.4) is 0 Å². The molecule has 280 valence electrons. The Labute approximate surface area is 297 Å². The SMILES string of the molecule is CCC/C=C\C(CCCCCCC(=O)NCC(=O)NC(CO)C(=O)O)OC(=O)CCCCCCCC/C=C\C/C=C\C/C=C\CCCCC. The Morgan fingerprint density at radius 1 is 0.633 bits per heavy atom. The maximum Gasteiger partial charge on any atom is 0.328 e. The fourth-order valence-corrected chi connectivity index (χ4v) is 5.05. The summed E-state index contributed by atoms with van der Waals surface area (Å²) in [5, 5.41) is 22.4. The number of aliphatic carboxylic acids is 1. The molecule has 49 heavy (non-hydrogen) atoms. The molecular formula is C40H68N2O7. The van der Waals surface area contributed by atoms with Crippen molar-refractivity contribution in [2.45, 2.75) is 167 Å². The van der Waals surface area contributed by atoms with E-state index in [2.05, 4.69) is 67.0 Å². The van der Waals surface area contributed by atoms with Crippen molar-refractivity contribution in [1.82, 2.24) is 10.6 Å². The number of rotatable bonds is 33. The van der Waals surface area contributed by atoms with Crippen LogP contribution in [-0.4, -0.2) is 59.3 Å². The fourth-order valence-electron chi connectivity index (χ4n) is 5.05. The molecule has 0 saturated heterocycles. The highest BCUT2D eigenvalue weighted by Gasteiger charge is 2.18. The largest absolute Gasteiger partial charge is 0.480 e. The Hall–Kier alpha value is -3.20. The first-order valence-corrected chi connectivity index (χ1v) is 19.0. The van der Waals surface area contributed by atoms with Gasteiger partial charge in [-0.1, -0.05) is 114 Å². The van der Waals surface area contributed by atoms with Gasteiger partial charge in [0, 0.05) is 12.8 Å². The van der Waals surface area contributed by atoms with Gasteiger partial charge in [-0.3, -0.25) is 14.4 Å². The summed E-state index contributed by atoms with van der Waals surface area (Å²) in [5.41, 5.74) is 0. The molecule has 0 fully saturated rings. The molecule has 2 unspecified atom stereocenters. The molecule has 2 atom stereocenters. The van der Waals surface area contributed by atoms with E-state index in [1.54, 1.807) is 0 Å². The summed E-state index contributed by atoms with van der Waals surface area (Å²) < 4.78 is 5.79. The summed E-state index contributed by atoms with van der Waals surface area (Å²) in [6, 6.07) is -1.39. The van der Waals surface area contributed by atoms with Crippen LogP contribution in [0.2, 0.25) is 0 Å². The van der Waals surface area contributed by atoms with Crippen molar-refractivity contribution in [2.24, 2.45) is 0 Å². The summed E-state index contributed by atoms with van der Waals surface area (Å²) in [5.74, 6) is -2.44. The minimum atomic E-state index is -1.39. The Kier molecular flexibility index (Phi) is 32.4. The molecule has 0 aromatic heterocycles. The number of allylic oxidation sites excluding steroid dienone is 7. The average Bonchev–Trinajstić information content (AvgIpc) is 3.08. The lowest BCUT2D eigenvalue weighted by Crippen LogP contribution is -2.47. The third-order valence-corrected chi connectivity index (χ3v) is 8.01. The number of carbonyl (C=O) groups is 4. The first-order valence-electron chi connectivity index (χ1n) is 19.0. The zero-order chi connectivity index (χ0) is 36.2. The molecule has 0 saturated carbocycles. The number of aliphatic hydroxyl groups is 1. The first kappa shape index (κ1) is 45.8. The van der Waals surface area contributed by atoms with Crippen molar-refractivity contribution in [1.29, 1.82) is 0 Å². The van der Waals surface area contributed by atoms with Gasteiger partial charge in [-0.25, -0.2) is 4.79 Å². The highest BCUT2D eigenvalue weighted by Crippen LogP contribution is 2.14. The van der Waals surface area contributed by atoms with Crippen molar-refractivity contribution in [3.63, 3.8) is 0 Å². The van der Waals surface area contributed by atoms with E-state index in [0.29, 0.717) is 12.8 Å². The molecule has 0 radical (unpaired) electrons. The van der Waals surface area contributed by atoms with Crippen LogP contribution in [0.25, 0.3) is 0 Å². The highest BCUT2D eigenvalue weighted by atomic mass is 16.5. The molecular weight excluding hydrogens is 620 g/mol. The monoisotopic (exact) mass is 689 g/mol. The third-order valence-electron chi connectivity index (χ3n) is 8.01. The maximum absolute atomic E-state index is 12.5. The zero-order valence-electron chi connectivity index (χ0n) is 30.7. The lowest BCUT2D eigenvalue weighted by atomic mass is 10.1. The molecule has 0 aliphatic carbocycles. The number of unbranched alkanes of at least 4 members (excludes halogenated alkanes) is 13. The van der Waals surface area contributed by atoms with Crippen molar-refractivity contribution < 1.29 is 34.1 Å². The second kappa shape index (κ2) is 34.7. The molecule has 0 rings (SSSR count). The van der Waals surface area contributed by atoms with Gasteiger partial charge in [0.05, 0.1) is 13.2 Å². The van der Waals surface area contributed by atoms with E-state index in [4.69, 9.17) is 14.9 Å². The molecule has 9 heteroatoms. The van der Waals surface area contributed by atoms with Crippen LogP contribution >= 0.6 is 0 Å². The fraction of sp³-hybridized carbons (Fsp3) is 0.700. The number of carbonyl (C=O) groups excluding carboxylic acids is 3. The van der Waals surface area contributed by atoms with Crippen molar-refractivity contribution in [2.75, 3.05) is 13.2 Å². The molecule has 9 nitrogen and oxygen atoms in total.